The van der Waals surface area contributed by atoms with Crippen molar-refractivity contribution in [2.45, 2.75) is 45.1 Å². The van der Waals surface area contributed by atoms with Crippen LogP contribution in [-0.2, 0) is 4.79 Å². The Balaban J connectivity index is 2.12. The Labute approximate surface area is 96.3 Å². The maximum absolute atomic E-state index is 12.0. The predicted molar refractivity (Wildman–Crippen MR) is 64.7 cm³/mol. The van der Waals surface area contributed by atoms with E-state index in [0.717, 1.165) is 12.1 Å². The van der Waals surface area contributed by atoms with Crippen LogP contribution in [0.2, 0.25) is 0 Å². The van der Waals surface area contributed by atoms with Crippen molar-refractivity contribution in [3.63, 3.8) is 0 Å². The van der Waals surface area contributed by atoms with Crippen LogP contribution in [0.1, 0.15) is 43.7 Å². The molecule has 0 spiro atoms. The summed E-state index contributed by atoms with van der Waals surface area (Å²) < 4.78 is 0. The lowest BCUT2D eigenvalue weighted by atomic mass is 10.1. The Bertz CT molecular complexity index is 480. The standard InChI is InChI=1S/C14H17NO/c1-4-13(16)15-12-6-5-9(2)7-10(12)11-8-14(11,15)3/h5-7,11H,4,8H2,1-3H3. The second-order valence-electron chi connectivity index (χ2n) is 5.26. The fourth-order valence-corrected chi connectivity index (χ4v) is 3.06. The van der Waals surface area contributed by atoms with Crippen molar-refractivity contribution in [3.05, 3.63) is 29.3 Å². The summed E-state index contributed by atoms with van der Waals surface area (Å²) in [4.78, 5) is 14.1. The highest BCUT2D eigenvalue weighted by atomic mass is 16.2. The van der Waals surface area contributed by atoms with Gasteiger partial charge in [0.25, 0.3) is 0 Å². The maximum Gasteiger partial charge on any atom is 0.227 e. The van der Waals surface area contributed by atoms with Crippen molar-refractivity contribution in [1.82, 2.24) is 0 Å². The summed E-state index contributed by atoms with van der Waals surface area (Å²) in [5.74, 6) is 0.838. The van der Waals surface area contributed by atoms with Gasteiger partial charge in [-0.3, -0.25) is 4.79 Å². The fourth-order valence-electron chi connectivity index (χ4n) is 3.06. The molecule has 16 heavy (non-hydrogen) atoms. The third-order valence-corrected chi connectivity index (χ3v) is 4.07. The van der Waals surface area contributed by atoms with E-state index < -0.39 is 0 Å². The second-order valence-corrected chi connectivity index (χ2v) is 5.26. The SMILES string of the molecule is CCC(=O)N1c2ccc(C)cc2C2CC21C. The van der Waals surface area contributed by atoms with Crippen molar-refractivity contribution >= 4 is 11.6 Å². The fraction of sp³-hybridized carbons (Fsp3) is 0.500. The number of aryl methyl sites for hydroxylation is 1. The number of rotatable bonds is 1. The Morgan fingerprint density at radius 1 is 1.56 bits per heavy atom. The highest BCUT2D eigenvalue weighted by Gasteiger charge is 2.62. The van der Waals surface area contributed by atoms with Crippen molar-refractivity contribution in [1.29, 1.82) is 0 Å². The van der Waals surface area contributed by atoms with Crippen molar-refractivity contribution in [3.8, 4) is 0 Å². The van der Waals surface area contributed by atoms with E-state index in [1.165, 1.54) is 11.1 Å². The molecule has 1 saturated carbocycles. The van der Waals surface area contributed by atoms with Gasteiger partial charge in [0, 0.05) is 18.0 Å². The van der Waals surface area contributed by atoms with Gasteiger partial charge in [-0.2, -0.15) is 0 Å². The van der Waals surface area contributed by atoms with Crippen molar-refractivity contribution < 1.29 is 4.79 Å². The Morgan fingerprint density at radius 3 is 3.00 bits per heavy atom. The van der Waals surface area contributed by atoms with E-state index in [-0.39, 0.29) is 11.4 Å². The Hall–Kier alpha value is -1.31. The molecule has 2 unspecified atom stereocenters. The minimum absolute atomic E-state index is 0.0865. The van der Waals surface area contributed by atoms with Crippen molar-refractivity contribution in [2.24, 2.45) is 0 Å². The number of carbonyl (C=O) groups excluding carboxylic acids is 1. The average molecular weight is 215 g/mol. The molecule has 1 aromatic rings. The Morgan fingerprint density at radius 2 is 2.31 bits per heavy atom. The first kappa shape index (κ1) is 9.88. The molecule has 2 atom stereocenters. The topological polar surface area (TPSA) is 20.3 Å². The number of nitrogens with zero attached hydrogens (tertiary/aromatic N) is 1. The van der Waals surface area contributed by atoms with Gasteiger partial charge in [0.15, 0.2) is 0 Å². The lowest BCUT2D eigenvalue weighted by Gasteiger charge is -2.26. The first-order valence-electron chi connectivity index (χ1n) is 6.01. The van der Waals surface area contributed by atoms with Crippen LogP contribution in [-0.4, -0.2) is 11.4 Å². The van der Waals surface area contributed by atoms with Crippen LogP contribution >= 0.6 is 0 Å². The quantitative estimate of drug-likeness (QED) is 0.705. The molecule has 1 amide bonds. The number of anilines is 1. The normalized spacial score (nSPS) is 29.9. The van der Waals surface area contributed by atoms with Gasteiger partial charge >= 0.3 is 0 Å². The number of hydrogen-bond donors (Lipinski definition) is 0. The molecule has 1 aromatic carbocycles. The molecule has 84 valence electrons. The molecule has 0 saturated heterocycles. The molecular weight excluding hydrogens is 198 g/mol. The van der Waals surface area contributed by atoms with E-state index >= 15 is 0 Å². The number of benzene rings is 1. The van der Waals surface area contributed by atoms with E-state index in [2.05, 4.69) is 32.0 Å². The molecule has 1 heterocycles. The largest absolute Gasteiger partial charge is 0.306 e. The van der Waals surface area contributed by atoms with Crippen molar-refractivity contribution in [2.75, 3.05) is 4.90 Å². The molecular formula is C14H17NO. The summed E-state index contributed by atoms with van der Waals surface area (Å²) in [7, 11) is 0. The van der Waals surface area contributed by atoms with Gasteiger partial charge in [-0.15, -0.1) is 0 Å². The highest BCUT2D eigenvalue weighted by Crippen LogP contribution is 2.64. The highest BCUT2D eigenvalue weighted by molar-refractivity contribution is 5.99. The van der Waals surface area contributed by atoms with Crippen LogP contribution in [0.5, 0.6) is 0 Å². The van der Waals surface area contributed by atoms with Crippen LogP contribution in [0, 0.1) is 6.92 Å². The van der Waals surface area contributed by atoms with Gasteiger partial charge in [0.05, 0.1) is 5.54 Å². The van der Waals surface area contributed by atoms with Crippen LogP contribution in [0.4, 0.5) is 5.69 Å². The third-order valence-electron chi connectivity index (χ3n) is 4.07. The monoisotopic (exact) mass is 215 g/mol. The summed E-state index contributed by atoms with van der Waals surface area (Å²) in [6.07, 6.45) is 1.73. The summed E-state index contributed by atoms with van der Waals surface area (Å²) >= 11 is 0. The van der Waals surface area contributed by atoms with E-state index in [1.54, 1.807) is 0 Å². The van der Waals surface area contributed by atoms with E-state index in [4.69, 9.17) is 0 Å². The van der Waals surface area contributed by atoms with E-state index in [1.807, 2.05) is 11.8 Å². The number of fused-ring (bicyclic) bond motifs is 3. The van der Waals surface area contributed by atoms with Gasteiger partial charge in [0.1, 0.15) is 0 Å². The van der Waals surface area contributed by atoms with Gasteiger partial charge < -0.3 is 4.90 Å². The van der Waals surface area contributed by atoms with Gasteiger partial charge in [-0.25, -0.2) is 0 Å². The maximum atomic E-state index is 12.0. The minimum Gasteiger partial charge on any atom is -0.306 e. The van der Waals surface area contributed by atoms with Gasteiger partial charge in [0.2, 0.25) is 5.91 Å². The zero-order valence-corrected chi connectivity index (χ0v) is 10.1. The molecule has 1 fully saturated rings. The smallest absolute Gasteiger partial charge is 0.227 e. The van der Waals surface area contributed by atoms with Gasteiger partial charge in [-0.05, 0) is 31.9 Å². The molecule has 0 N–H and O–H groups in total. The lowest BCUT2D eigenvalue weighted by Crippen LogP contribution is -2.38. The molecule has 0 bridgehead atoms. The molecule has 2 aliphatic rings. The molecule has 2 heteroatoms. The first-order valence-corrected chi connectivity index (χ1v) is 6.01. The summed E-state index contributed by atoms with van der Waals surface area (Å²) in [6.45, 7) is 6.26. The molecule has 0 radical (unpaired) electrons. The molecule has 0 aromatic heterocycles. The van der Waals surface area contributed by atoms with Crippen LogP contribution in [0.15, 0.2) is 18.2 Å². The average Bonchev–Trinajstić information content (AvgIpc) is 2.87. The summed E-state index contributed by atoms with van der Waals surface area (Å²) in [6, 6.07) is 6.45. The number of amides is 1. The second kappa shape index (κ2) is 2.88. The predicted octanol–water partition coefficient (Wildman–Crippen LogP) is 3.00. The van der Waals surface area contributed by atoms with E-state index in [0.29, 0.717) is 12.3 Å². The lowest BCUT2D eigenvalue weighted by molar-refractivity contribution is -0.118. The summed E-state index contributed by atoms with van der Waals surface area (Å²) in [5.41, 5.74) is 3.91. The van der Waals surface area contributed by atoms with Crippen LogP contribution in [0.3, 0.4) is 0 Å². The van der Waals surface area contributed by atoms with Crippen LogP contribution < -0.4 is 4.90 Å². The van der Waals surface area contributed by atoms with Gasteiger partial charge in [-0.1, -0.05) is 24.6 Å². The molecule has 1 aliphatic carbocycles. The third kappa shape index (κ3) is 1.05. The number of hydrogen-bond acceptors (Lipinski definition) is 1. The zero-order valence-electron chi connectivity index (χ0n) is 10.1. The number of carbonyl (C=O) groups is 1. The minimum atomic E-state index is 0.0865. The first-order chi connectivity index (χ1) is 7.58. The van der Waals surface area contributed by atoms with E-state index in [9.17, 15) is 4.79 Å². The zero-order chi connectivity index (χ0) is 11.5. The summed E-state index contributed by atoms with van der Waals surface area (Å²) in [5, 5.41) is 0. The van der Waals surface area contributed by atoms with Crippen LogP contribution in [0.25, 0.3) is 0 Å². The molecule has 1 aliphatic heterocycles. The molecule has 3 rings (SSSR count). The Kier molecular flexibility index (Phi) is 1.78. The molecule has 2 nitrogen and oxygen atoms in total.